The summed E-state index contributed by atoms with van der Waals surface area (Å²) in [6, 6.07) is 5.07. The summed E-state index contributed by atoms with van der Waals surface area (Å²) in [5.41, 5.74) is 1.07. The maximum absolute atomic E-state index is 13.4. The standard InChI is InChI=1S/C16H25FN2O2/c1-18(2)7-6-14-12-19(8-9-21-14)11-13-4-5-15(17)16(10-13)20-3/h4-5,10,14H,6-9,11-12H2,1-3H3. The molecule has 1 atom stereocenters. The van der Waals surface area contributed by atoms with Crippen molar-refractivity contribution < 1.29 is 13.9 Å². The number of methoxy groups -OCH3 is 1. The summed E-state index contributed by atoms with van der Waals surface area (Å²) in [6.07, 6.45) is 1.32. The molecule has 0 aliphatic carbocycles. The quantitative estimate of drug-likeness (QED) is 0.801. The summed E-state index contributed by atoms with van der Waals surface area (Å²) in [5.74, 6) is -0.00277. The minimum Gasteiger partial charge on any atom is -0.494 e. The molecule has 21 heavy (non-hydrogen) atoms. The lowest BCUT2D eigenvalue weighted by molar-refractivity contribution is -0.0370. The van der Waals surface area contributed by atoms with Crippen molar-refractivity contribution in [3.63, 3.8) is 0 Å². The first kappa shape index (κ1) is 16.2. The summed E-state index contributed by atoms with van der Waals surface area (Å²) in [6.45, 7) is 4.43. The third-order valence-electron chi connectivity index (χ3n) is 3.74. The van der Waals surface area contributed by atoms with E-state index >= 15 is 0 Å². The molecule has 0 bridgehead atoms. The fraction of sp³-hybridized carbons (Fsp3) is 0.625. The SMILES string of the molecule is COc1cc(CN2CCOC(CCN(C)C)C2)ccc1F. The Labute approximate surface area is 126 Å². The molecule has 1 fully saturated rings. The largest absolute Gasteiger partial charge is 0.494 e. The van der Waals surface area contributed by atoms with Crippen molar-refractivity contribution in [2.45, 2.75) is 19.1 Å². The van der Waals surface area contributed by atoms with E-state index in [-0.39, 0.29) is 11.9 Å². The zero-order valence-corrected chi connectivity index (χ0v) is 13.1. The molecule has 1 aromatic carbocycles. The second-order valence-corrected chi connectivity index (χ2v) is 5.79. The van der Waals surface area contributed by atoms with Crippen LogP contribution in [0.1, 0.15) is 12.0 Å². The Morgan fingerprint density at radius 2 is 2.24 bits per heavy atom. The third kappa shape index (κ3) is 4.95. The lowest BCUT2D eigenvalue weighted by Gasteiger charge is -2.33. The van der Waals surface area contributed by atoms with Crippen LogP contribution in [-0.2, 0) is 11.3 Å². The van der Waals surface area contributed by atoms with Gasteiger partial charge in [-0.1, -0.05) is 6.07 Å². The molecule has 1 saturated heterocycles. The zero-order valence-electron chi connectivity index (χ0n) is 13.1. The molecule has 0 aromatic heterocycles. The molecule has 1 unspecified atom stereocenters. The molecule has 1 heterocycles. The summed E-state index contributed by atoms with van der Waals surface area (Å²) < 4.78 is 24.3. The van der Waals surface area contributed by atoms with Crippen LogP contribution in [0.4, 0.5) is 4.39 Å². The number of hydrogen-bond acceptors (Lipinski definition) is 4. The van der Waals surface area contributed by atoms with Gasteiger partial charge in [0.05, 0.1) is 19.8 Å². The molecule has 118 valence electrons. The van der Waals surface area contributed by atoms with E-state index in [0.717, 1.165) is 44.8 Å². The van der Waals surface area contributed by atoms with Gasteiger partial charge in [0.2, 0.25) is 0 Å². The van der Waals surface area contributed by atoms with Gasteiger partial charge >= 0.3 is 0 Å². The third-order valence-corrected chi connectivity index (χ3v) is 3.74. The fourth-order valence-electron chi connectivity index (χ4n) is 2.56. The fourth-order valence-corrected chi connectivity index (χ4v) is 2.56. The Morgan fingerprint density at radius 3 is 2.95 bits per heavy atom. The van der Waals surface area contributed by atoms with Gasteiger partial charge in [-0.15, -0.1) is 0 Å². The van der Waals surface area contributed by atoms with Crippen LogP contribution in [0.2, 0.25) is 0 Å². The Kier molecular flexibility index (Phi) is 5.96. The second-order valence-electron chi connectivity index (χ2n) is 5.79. The van der Waals surface area contributed by atoms with Gasteiger partial charge in [-0.3, -0.25) is 4.90 Å². The molecule has 0 radical (unpaired) electrons. The number of ether oxygens (including phenoxy) is 2. The number of benzene rings is 1. The summed E-state index contributed by atoms with van der Waals surface area (Å²) in [7, 11) is 5.64. The van der Waals surface area contributed by atoms with Crippen molar-refractivity contribution >= 4 is 0 Å². The van der Waals surface area contributed by atoms with Crippen LogP contribution in [-0.4, -0.2) is 63.4 Å². The molecule has 1 aromatic rings. The van der Waals surface area contributed by atoms with Gasteiger partial charge in [-0.25, -0.2) is 4.39 Å². The van der Waals surface area contributed by atoms with E-state index < -0.39 is 0 Å². The number of morpholine rings is 1. The van der Waals surface area contributed by atoms with E-state index in [9.17, 15) is 4.39 Å². The lowest BCUT2D eigenvalue weighted by atomic mass is 10.1. The predicted octanol–water partition coefficient (Wildman–Crippen LogP) is 1.99. The summed E-state index contributed by atoms with van der Waals surface area (Å²) >= 11 is 0. The van der Waals surface area contributed by atoms with E-state index in [0.29, 0.717) is 5.75 Å². The topological polar surface area (TPSA) is 24.9 Å². The maximum atomic E-state index is 13.4. The van der Waals surface area contributed by atoms with Crippen LogP contribution in [0.5, 0.6) is 5.75 Å². The predicted molar refractivity (Wildman–Crippen MR) is 81.1 cm³/mol. The van der Waals surface area contributed by atoms with Crippen LogP contribution in [0.15, 0.2) is 18.2 Å². The smallest absolute Gasteiger partial charge is 0.165 e. The molecule has 4 nitrogen and oxygen atoms in total. The van der Waals surface area contributed by atoms with Gasteiger partial charge in [0.1, 0.15) is 0 Å². The highest BCUT2D eigenvalue weighted by Crippen LogP contribution is 2.20. The Balaban J connectivity index is 1.90. The molecular weight excluding hydrogens is 271 g/mol. The minimum absolute atomic E-state index is 0.281. The van der Waals surface area contributed by atoms with Crippen molar-refractivity contribution in [1.29, 1.82) is 0 Å². The molecule has 0 saturated carbocycles. The molecule has 1 aliphatic heterocycles. The highest BCUT2D eigenvalue weighted by molar-refractivity contribution is 5.30. The van der Waals surface area contributed by atoms with E-state index in [2.05, 4.69) is 23.9 Å². The first-order valence-electron chi connectivity index (χ1n) is 7.39. The van der Waals surface area contributed by atoms with Gasteiger partial charge in [0, 0.05) is 26.2 Å². The molecule has 0 N–H and O–H groups in total. The van der Waals surface area contributed by atoms with Gasteiger partial charge in [0.25, 0.3) is 0 Å². The molecule has 0 spiro atoms. The van der Waals surface area contributed by atoms with Crippen molar-refractivity contribution in [3.05, 3.63) is 29.6 Å². The Hall–Kier alpha value is -1.17. The summed E-state index contributed by atoms with van der Waals surface area (Å²) in [4.78, 5) is 4.53. The van der Waals surface area contributed by atoms with Gasteiger partial charge < -0.3 is 14.4 Å². The van der Waals surface area contributed by atoms with Gasteiger partial charge in [-0.05, 0) is 38.2 Å². The van der Waals surface area contributed by atoms with Crippen LogP contribution < -0.4 is 4.74 Å². The average molecular weight is 296 g/mol. The minimum atomic E-state index is -0.313. The summed E-state index contributed by atoms with van der Waals surface area (Å²) in [5, 5.41) is 0. The van der Waals surface area contributed by atoms with Crippen molar-refractivity contribution in [3.8, 4) is 5.75 Å². The monoisotopic (exact) mass is 296 g/mol. The van der Waals surface area contributed by atoms with Gasteiger partial charge in [-0.2, -0.15) is 0 Å². The number of rotatable bonds is 6. The molecular formula is C16H25FN2O2. The van der Waals surface area contributed by atoms with Gasteiger partial charge in [0.15, 0.2) is 11.6 Å². The highest BCUT2D eigenvalue weighted by Gasteiger charge is 2.20. The van der Waals surface area contributed by atoms with E-state index in [1.54, 1.807) is 6.07 Å². The highest BCUT2D eigenvalue weighted by atomic mass is 19.1. The maximum Gasteiger partial charge on any atom is 0.165 e. The molecule has 0 amide bonds. The van der Waals surface area contributed by atoms with E-state index in [1.165, 1.54) is 13.2 Å². The second kappa shape index (κ2) is 7.73. The Morgan fingerprint density at radius 1 is 1.43 bits per heavy atom. The molecule has 5 heteroatoms. The van der Waals surface area contributed by atoms with Crippen LogP contribution >= 0.6 is 0 Å². The van der Waals surface area contributed by atoms with Crippen LogP contribution in [0.25, 0.3) is 0 Å². The van der Waals surface area contributed by atoms with Crippen molar-refractivity contribution in [1.82, 2.24) is 9.80 Å². The normalized spacial score (nSPS) is 20.0. The number of halogens is 1. The lowest BCUT2D eigenvalue weighted by Crippen LogP contribution is -2.42. The molecule has 1 aliphatic rings. The van der Waals surface area contributed by atoms with E-state index in [4.69, 9.17) is 9.47 Å². The Bertz CT molecular complexity index is 454. The van der Waals surface area contributed by atoms with E-state index in [1.807, 2.05) is 6.07 Å². The number of hydrogen-bond donors (Lipinski definition) is 0. The number of nitrogens with zero attached hydrogens (tertiary/aromatic N) is 2. The van der Waals surface area contributed by atoms with Crippen molar-refractivity contribution in [2.75, 3.05) is 47.4 Å². The van der Waals surface area contributed by atoms with Crippen LogP contribution in [0, 0.1) is 5.82 Å². The average Bonchev–Trinajstić information content (AvgIpc) is 2.47. The first-order chi connectivity index (χ1) is 10.1. The van der Waals surface area contributed by atoms with Crippen LogP contribution in [0.3, 0.4) is 0 Å². The van der Waals surface area contributed by atoms with Crippen molar-refractivity contribution in [2.24, 2.45) is 0 Å². The molecule has 2 rings (SSSR count). The first-order valence-corrected chi connectivity index (χ1v) is 7.39. The zero-order chi connectivity index (χ0) is 15.2.